The number of hydrogen-bond acceptors (Lipinski definition) is 4. The van der Waals surface area contributed by atoms with Crippen molar-refractivity contribution < 1.29 is 4.39 Å². The Bertz CT molecular complexity index is 646. The normalized spacial score (nSPS) is 13.0. The van der Waals surface area contributed by atoms with E-state index < -0.39 is 0 Å². The fourth-order valence-electron chi connectivity index (χ4n) is 1.96. The van der Waals surface area contributed by atoms with E-state index in [0.717, 1.165) is 10.4 Å². The number of thiophene rings is 2. The predicted octanol–water partition coefficient (Wildman–Crippen LogP) is 3.65. The first-order chi connectivity index (χ1) is 8.78. The van der Waals surface area contributed by atoms with E-state index in [9.17, 15) is 4.39 Å². The van der Waals surface area contributed by atoms with E-state index in [4.69, 9.17) is 5.84 Å². The number of nitrogens with two attached hydrogens (primary N) is 1. The molecule has 0 bridgehead atoms. The highest BCUT2D eigenvalue weighted by molar-refractivity contribution is 7.27. The summed E-state index contributed by atoms with van der Waals surface area (Å²) < 4.78 is 15.7. The molecule has 1 aromatic carbocycles. The Labute approximate surface area is 112 Å². The lowest BCUT2D eigenvalue weighted by atomic mass is 10.1. The molecule has 0 fully saturated rings. The highest BCUT2D eigenvalue weighted by Crippen LogP contribution is 2.35. The van der Waals surface area contributed by atoms with E-state index in [1.54, 1.807) is 28.7 Å². The molecule has 3 rings (SSSR count). The van der Waals surface area contributed by atoms with Crippen LogP contribution in [0.4, 0.5) is 4.39 Å². The molecule has 2 nitrogen and oxygen atoms in total. The van der Waals surface area contributed by atoms with E-state index in [1.807, 2.05) is 6.07 Å². The zero-order chi connectivity index (χ0) is 12.5. The van der Waals surface area contributed by atoms with Crippen molar-refractivity contribution in [1.29, 1.82) is 0 Å². The van der Waals surface area contributed by atoms with Gasteiger partial charge in [-0.25, -0.2) is 9.82 Å². The number of hydrogen-bond donors (Lipinski definition) is 2. The SMILES string of the molecule is NNC(c1cccc(F)c1)c1cc2sccc2s1. The standard InChI is InChI=1S/C13H11FN2S2/c14-9-3-1-2-8(6-9)13(16-15)12-7-11-10(18-12)4-5-17-11/h1-7,13,16H,15H2. The van der Waals surface area contributed by atoms with Gasteiger partial charge in [0.2, 0.25) is 0 Å². The average Bonchev–Trinajstić information content (AvgIpc) is 2.91. The largest absolute Gasteiger partial charge is 0.271 e. The highest BCUT2D eigenvalue weighted by atomic mass is 32.1. The molecule has 18 heavy (non-hydrogen) atoms. The molecule has 1 unspecified atom stereocenters. The second-order valence-electron chi connectivity index (χ2n) is 3.95. The Kier molecular flexibility index (Phi) is 3.13. The second kappa shape index (κ2) is 4.78. The van der Waals surface area contributed by atoms with Crippen LogP contribution in [0.3, 0.4) is 0 Å². The summed E-state index contributed by atoms with van der Waals surface area (Å²) in [5.74, 6) is 5.37. The van der Waals surface area contributed by atoms with Gasteiger partial charge in [-0.1, -0.05) is 12.1 Å². The molecule has 0 amide bonds. The van der Waals surface area contributed by atoms with Crippen molar-refractivity contribution in [3.63, 3.8) is 0 Å². The summed E-state index contributed by atoms with van der Waals surface area (Å²) >= 11 is 3.38. The molecule has 2 aromatic heterocycles. The molecule has 0 aliphatic rings. The average molecular weight is 278 g/mol. The third-order valence-electron chi connectivity index (χ3n) is 2.79. The topological polar surface area (TPSA) is 38.0 Å². The third kappa shape index (κ3) is 2.06. The van der Waals surface area contributed by atoms with Crippen molar-refractivity contribution in [2.75, 3.05) is 0 Å². The monoisotopic (exact) mass is 278 g/mol. The van der Waals surface area contributed by atoms with Gasteiger partial charge in [-0.3, -0.25) is 5.84 Å². The molecule has 2 heterocycles. The fourth-order valence-corrected chi connectivity index (χ4v) is 4.16. The van der Waals surface area contributed by atoms with E-state index >= 15 is 0 Å². The van der Waals surface area contributed by atoms with Crippen molar-refractivity contribution >= 4 is 32.1 Å². The van der Waals surface area contributed by atoms with Gasteiger partial charge < -0.3 is 0 Å². The quantitative estimate of drug-likeness (QED) is 0.567. The first-order valence-electron chi connectivity index (χ1n) is 5.46. The first kappa shape index (κ1) is 11.8. The van der Waals surface area contributed by atoms with Crippen molar-refractivity contribution in [2.24, 2.45) is 5.84 Å². The van der Waals surface area contributed by atoms with Crippen LogP contribution >= 0.6 is 22.7 Å². The lowest BCUT2D eigenvalue weighted by Crippen LogP contribution is -2.28. The number of fused-ring (bicyclic) bond motifs is 1. The van der Waals surface area contributed by atoms with Crippen LogP contribution in [0.25, 0.3) is 9.40 Å². The van der Waals surface area contributed by atoms with Gasteiger partial charge in [-0.05, 0) is 35.2 Å². The van der Waals surface area contributed by atoms with E-state index in [0.29, 0.717) is 0 Å². The van der Waals surface area contributed by atoms with E-state index in [2.05, 4.69) is 22.9 Å². The summed E-state index contributed by atoms with van der Waals surface area (Å²) in [7, 11) is 0. The van der Waals surface area contributed by atoms with Crippen LogP contribution in [-0.4, -0.2) is 0 Å². The Morgan fingerprint density at radius 3 is 2.78 bits per heavy atom. The maximum atomic E-state index is 13.3. The number of nitrogens with one attached hydrogen (secondary N) is 1. The highest BCUT2D eigenvalue weighted by Gasteiger charge is 2.16. The van der Waals surface area contributed by atoms with Crippen molar-refractivity contribution in [1.82, 2.24) is 5.43 Å². The lowest BCUT2D eigenvalue weighted by molar-refractivity contribution is 0.609. The number of halogens is 1. The van der Waals surface area contributed by atoms with Crippen molar-refractivity contribution in [3.05, 3.63) is 58.0 Å². The van der Waals surface area contributed by atoms with Crippen LogP contribution in [0.1, 0.15) is 16.5 Å². The van der Waals surface area contributed by atoms with Crippen LogP contribution in [0, 0.1) is 5.82 Å². The van der Waals surface area contributed by atoms with Gasteiger partial charge in [0, 0.05) is 14.3 Å². The molecule has 92 valence electrons. The van der Waals surface area contributed by atoms with Gasteiger partial charge in [0.25, 0.3) is 0 Å². The van der Waals surface area contributed by atoms with Crippen LogP contribution < -0.4 is 11.3 Å². The molecule has 0 radical (unpaired) electrons. The maximum absolute atomic E-state index is 13.3. The zero-order valence-electron chi connectivity index (χ0n) is 9.39. The summed E-state index contributed by atoms with van der Waals surface area (Å²) in [6, 6.07) is 10.6. The van der Waals surface area contributed by atoms with Gasteiger partial charge in [0.05, 0.1) is 6.04 Å². The molecular weight excluding hydrogens is 267 g/mol. The molecule has 0 spiro atoms. The predicted molar refractivity (Wildman–Crippen MR) is 75.3 cm³/mol. The van der Waals surface area contributed by atoms with Gasteiger partial charge in [-0.2, -0.15) is 0 Å². The Balaban J connectivity index is 2.04. The van der Waals surface area contributed by atoms with E-state index in [1.165, 1.54) is 21.5 Å². The fraction of sp³-hybridized carbons (Fsp3) is 0.0769. The Morgan fingerprint density at radius 2 is 2.06 bits per heavy atom. The minimum absolute atomic E-state index is 0.162. The minimum atomic E-state index is -0.244. The summed E-state index contributed by atoms with van der Waals surface area (Å²) in [6.07, 6.45) is 0. The lowest BCUT2D eigenvalue weighted by Gasteiger charge is -2.14. The number of hydrazine groups is 1. The molecule has 0 aliphatic carbocycles. The van der Waals surface area contributed by atoms with Crippen LogP contribution in [0.2, 0.25) is 0 Å². The second-order valence-corrected chi connectivity index (χ2v) is 6.02. The summed E-state index contributed by atoms with van der Waals surface area (Å²) in [5, 5.41) is 2.07. The molecule has 3 aromatic rings. The third-order valence-corrected chi connectivity index (χ3v) is 4.95. The van der Waals surface area contributed by atoms with Gasteiger partial charge in [0.15, 0.2) is 0 Å². The molecular formula is C13H11FN2S2. The van der Waals surface area contributed by atoms with Crippen molar-refractivity contribution in [2.45, 2.75) is 6.04 Å². The Hall–Kier alpha value is -1.27. The maximum Gasteiger partial charge on any atom is 0.123 e. The minimum Gasteiger partial charge on any atom is -0.271 e. The number of benzene rings is 1. The van der Waals surface area contributed by atoms with Gasteiger partial charge >= 0.3 is 0 Å². The van der Waals surface area contributed by atoms with Gasteiger partial charge in [0.1, 0.15) is 5.82 Å². The molecule has 0 saturated heterocycles. The van der Waals surface area contributed by atoms with Crippen LogP contribution in [0.5, 0.6) is 0 Å². The molecule has 5 heteroatoms. The molecule has 1 atom stereocenters. The summed E-state index contributed by atoms with van der Waals surface area (Å²) in [5.41, 5.74) is 3.60. The van der Waals surface area contributed by atoms with Gasteiger partial charge in [-0.15, -0.1) is 22.7 Å². The summed E-state index contributed by atoms with van der Waals surface area (Å²) in [4.78, 5) is 1.10. The van der Waals surface area contributed by atoms with Crippen LogP contribution in [-0.2, 0) is 0 Å². The van der Waals surface area contributed by atoms with E-state index in [-0.39, 0.29) is 11.9 Å². The molecule has 0 aliphatic heterocycles. The van der Waals surface area contributed by atoms with Crippen molar-refractivity contribution in [3.8, 4) is 0 Å². The Morgan fingerprint density at radius 1 is 1.17 bits per heavy atom. The first-order valence-corrected chi connectivity index (χ1v) is 7.16. The van der Waals surface area contributed by atoms with Crippen LogP contribution in [0.15, 0.2) is 41.8 Å². The molecule has 0 saturated carbocycles. The summed E-state index contributed by atoms with van der Waals surface area (Å²) in [6.45, 7) is 0. The zero-order valence-corrected chi connectivity index (χ0v) is 11.0. The number of rotatable bonds is 3. The molecule has 3 N–H and O–H groups in total. The smallest absolute Gasteiger partial charge is 0.123 e.